The third-order valence-corrected chi connectivity index (χ3v) is 2.99. The molecule has 1 atom stereocenters. The second-order valence-electron chi connectivity index (χ2n) is 4.73. The van der Waals surface area contributed by atoms with Crippen molar-refractivity contribution in [1.29, 1.82) is 0 Å². The predicted octanol–water partition coefficient (Wildman–Crippen LogP) is 2.84. The number of carbonyl (C=O) groups is 1. The van der Waals surface area contributed by atoms with Gasteiger partial charge in [-0.25, -0.2) is 4.39 Å². The number of rotatable bonds is 6. The molecule has 0 spiro atoms. The molecule has 0 bridgehead atoms. The van der Waals surface area contributed by atoms with Crippen molar-refractivity contribution in [2.75, 3.05) is 11.9 Å². The normalized spacial score (nSPS) is 12.2. The molecule has 1 aromatic carbocycles. The highest BCUT2D eigenvalue weighted by molar-refractivity contribution is 5.91. The summed E-state index contributed by atoms with van der Waals surface area (Å²) < 4.78 is 12.9. The van der Waals surface area contributed by atoms with Gasteiger partial charge in [0.05, 0.1) is 0 Å². The van der Waals surface area contributed by atoms with Crippen LogP contribution in [0.3, 0.4) is 0 Å². The molecule has 0 saturated heterocycles. The van der Waals surface area contributed by atoms with Crippen molar-refractivity contribution in [1.82, 2.24) is 0 Å². The second kappa shape index (κ2) is 7.11. The molecule has 0 heterocycles. The summed E-state index contributed by atoms with van der Waals surface area (Å²) in [6.45, 7) is 4.51. The zero-order valence-electron chi connectivity index (χ0n) is 11.0. The maximum atomic E-state index is 12.9. The Morgan fingerprint density at radius 1 is 1.44 bits per heavy atom. The Hall–Kier alpha value is -1.42. The fraction of sp³-hybridized carbons (Fsp3) is 0.500. The van der Waals surface area contributed by atoms with Crippen LogP contribution in [0.1, 0.15) is 31.7 Å². The van der Waals surface area contributed by atoms with Crippen LogP contribution in [0.5, 0.6) is 0 Å². The van der Waals surface area contributed by atoms with Gasteiger partial charge in [-0.15, -0.1) is 0 Å². The first-order valence-corrected chi connectivity index (χ1v) is 6.29. The molecule has 0 aliphatic heterocycles. The first kappa shape index (κ1) is 14.6. The summed E-state index contributed by atoms with van der Waals surface area (Å²) in [6.07, 6.45) is 2.23. The topological polar surface area (TPSA) is 55.1 Å². The number of hydrogen-bond acceptors (Lipinski definition) is 2. The van der Waals surface area contributed by atoms with Crippen molar-refractivity contribution in [3.63, 3.8) is 0 Å². The van der Waals surface area contributed by atoms with Crippen molar-refractivity contribution in [3.8, 4) is 0 Å². The summed E-state index contributed by atoms with van der Waals surface area (Å²) in [7, 11) is 0. The Bertz CT molecular complexity index is 407. The third kappa shape index (κ3) is 4.84. The van der Waals surface area contributed by atoms with E-state index in [-0.39, 0.29) is 11.7 Å². The molecule has 0 saturated carbocycles. The Labute approximate surface area is 108 Å². The van der Waals surface area contributed by atoms with Crippen molar-refractivity contribution < 1.29 is 9.18 Å². The van der Waals surface area contributed by atoms with Gasteiger partial charge in [0.25, 0.3) is 0 Å². The lowest BCUT2D eigenvalue weighted by Gasteiger charge is -2.11. The van der Waals surface area contributed by atoms with Gasteiger partial charge in [0.1, 0.15) is 5.82 Å². The van der Waals surface area contributed by atoms with Crippen LogP contribution in [0.25, 0.3) is 0 Å². The minimum Gasteiger partial charge on any atom is -0.330 e. The van der Waals surface area contributed by atoms with E-state index < -0.39 is 0 Å². The molecule has 1 unspecified atom stereocenters. The average molecular weight is 252 g/mol. The highest BCUT2D eigenvalue weighted by Gasteiger charge is 2.08. The van der Waals surface area contributed by atoms with Crippen LogP contribution in [-0.4, -0.2) is 12.5 Å². The van der Waals surface area contributed by atoms with Gasteiger partial charge in [-0.1, -0.05) is 6.92 Å². The lowest BCUT2D eigenvalue weighted by atomic mass is 10.0. The van der Waals surface area contributed by atoms with Crippen LogP contribution in [-0.2, 0) is 4.79 Å². The Morgan fingerprint density at radius 2 is 2.17 bits per heavy atom. The zero-order valence-corrected chi connectivity index (χ0v) is 11.0. The van der Waals surface area contributed by atoms with Gasteiger partial charge < -0.3 is 11.1 Å². The molecule has 0 aromatic heterocycles. The molecule has 4 heteroatoms. The SMILES string of the molecule is Cc1cc(F)ccc1NC(=O)CCC(C)CCN. The summed E-state index contributed by atoms with van der Waals surface area (Å²) >= 11 is 0. The van der Waals surface area contributed by atoms with Gasteiger partial charge in [0, 0.05) is 12.1 Å². The van der Waals surface area contributed by atoms with E-state index in [1.165, 1.54) is 12.1 Å². The fourth-order valence-corrected chi connectivity index (χ4v) is 1.79. The second-order valence-corrected chi connectivity index (χ2v) is 4.73. The molecule has 0 fully saturated rings. The number of nitrogens with two attached hydrogens (primary N) is 1. The summed E-state index contributed by atoms with van der Waals surface area (Å²) in [5.41, 5.74) is 6.87. The van der Waals surface area contributed by atoms with Crippen LogP contribution >= 0.6 is 0 Å². The number of amides is 1. The Morgan fingerprint density at radius 3 is 2.78 bits per heavy atom. The standard InChI is InChI=1S/C14H21FN2O/c1-10(7-8-16)3-6-14(18)17-13-5-4-12(15)9-11(13)2/h4-5,9-10H,3,6-8,16H2,1-2H3,(H,17,18). The van der Waals surface area contributed by atoms with E-state index in [4.69, 9.17) is 5.73 Å². The molecular weight excluding hydrogens is 231 g/mol. The Kier molecular flexibility index (Phi) is 5.78. The number of anilines is 1. The quantitative estimate of drug-likeness (QED) is 0.818. The number of nitrogens with one attached hydrogen (secondary N) is 1. The van der Waals surface area contributed by atoms with E-state index in [2.05, 4.69) is 12.2 Å². The highest BCUT2D eigenvalue weighted by atomic mass is 19.1. The van der Waals surface area contributed by atoms with Crippen LogP contribution in [0, 0.1) is 18.7 Å². The van der Waals surface area contributed by atoms with Gasteiger partial charge in [0.15, 0.2) is 0 Å². The van der Waals surface area contributed by atoms with Crippen molar-refractivity contribution in [3.05, 3.63) is 29.6 Å². The maximum Gasteiger partial charge on any atom is 0.224 e. The van der Waals surface area contributed by atoms with Crippen LogP contribution in [0.2, 0.25) is 0 Å². The minimum atomic E-state index is -0.290. The maximum absolute atomic E-state index is 12.9. The minimum absolute atomic E-state index is 0.0337. The zero-order chi connectivity index (χ0) is 13.5. The van der Waals surface area contributed by atoms with Crippen LogP contribution in [0.4, 0.5) is 10.1 Å². The molecule has 3 nitrogen and oxygen atoms in total. The van der Waals surface area contributed by atoms with E-state index in [1.807, 2.05) is 0 Å². The van der Waals surface area contributed by atoms with E-state index in [0.717, 1.165) is 18.4 Å². The van der Waals surface area contributed by atoms with Gasteiger partial charge >= 0.3 is 0 Å². The molecule has 100 valence electrons. The molecule has 1 amide bonds. The van der Waals surface area contributed by atoms with E-state index in [1.54, 1.807) is 13.0 Å². The monoisotopic (exact) mass is 252 g/mol. The molecule has 1 aromatic rings. The molecule has 0 aliphatic rings. The van der Waals surface area contributed by atoms with E-state index in [9.17, 15) is 9.18 Å². The highest BCUT2D eigenvalue weighted by Crippen LogP contribution is 2.17. The molecule has 0 radical (unpaired) electrons. The van der Waals surface area contributed by atoms with Crippen LogP contribution in [0.15, 0.2) is 18.2 Å². The lowest BCUT2D eigenvalue weighted by Crippen LogP contribution is -2.14. The number of aryl methyl sites for hydroxylation is 1. The molecular formula is C14H21FN2O. The molecule has 18 heavy (non-hydrogen) atoms. The number of benzene rings is 1. The Balaban J connectivity index is 2.44. The van der Waals surface area contributed by atoms with Crippen molar-refractivity contribution in [2.24, 2.45) is 11.7 Å². The number of hydrogen-bond donors (Lipinski definition) is 2. The fourth-order valence-electron chi connectivity index (χ4n) is 1.79. The number of halogens is 1. The van der Waals surface area contributed by atoms with Crippen LogP contribution < -0.4 is 11.1 Å². The molecule has 0 aliphatic carbocycles. The number of carbonyl (C=O) groups excluding carboxylic acids is 1. The molecule has 3 N–H and O–H groups in total. The van der Waals surface area contributed by atoms with Crippen molar-refractivity contribution >= 4 is 11.6 Å². The molecule has 1 rings (SSSR count). The third-order valence-electron chi connectivity index (χ3n) is 2.99. The van der Waals surface area contributed by atoms with Crippen molar-refractivity contribution in [2.45, 2.75) is 33.1 Å². The van der Waals surface area contributed by atoms with E-state index >= 15 is 0 Å². The van der Waals surface area contributed by atoms with E-state index in [0.29, 0.717) is 24.6 Å². The largest absolute Gasteiger partial charge is 0.330 e. The summed E-state index contributed by atoms with van der Waals surface area (Å²) in [6, 6.07) is 4.35. The smallest absolute Gasteiger partial charge is 0.224 e. The first-order chi connectivity index (χ1) is 8.52. The summed E-state index contributed by atoms with van der Waals surface area (Å²) in [4.78, 5) is 11.7. The average Bonchev–Trinajstić information content (AvgIpc) is 2.31. The summed E-state index contributed by atoms with van der Waals surface area (Å²) in [5, 5.41) is 2.80. The summed E-state index contributed by atoms with van der Waals surface area (Å²) in [5.74, 6) is 0.130. The lowest BCUT2D eigenvalue weighted by molar-refractivity contribution is -0.116. The van der Waals surface area contributed by atoms with Gasteiger partial charge in [0.2, 0.25) is 5.91 Å². The van der Waals surface area contributed by atoms with Gasteiger partial charge in [-0.3, -0.25) is 4.79 Å². The van der Waals surface area contributed by atoms with Gasteiger partial charge in [-0.05, 0) is 56.0 Å². The predicted molar refractivity (Wildman–Crippen MR) is 71.8 cm³/mol. The van der Waals surface area contributed by atoms with Gasteiger partial charge in [-0.2, -0.15) is 0 Å². The first-order valence-electron chi connectivity index (χ1n) is 6.29.